The van der Waals surface area contributed by atoms with Gasteiger partial charge in [0.15, 0.2) is 0 Å². The number of fused-ring (bicyclic) bond motifs is 4. The number of para-hydroxylation sites is 4. The molecular weight excluding hydrogens is 1080 g/mol. The van der Waals surface area contributed by atoms with Gasteiger partial charge >= 0.3 is 0 Å². The smallest absolute Gasteiger partial charge is 0.0907 e. The molecule has 0 atom stereocenters. The molecule has 0 aliphatic heterocycles. The second kappa shape index (κ2) is 21.1. The lowest BCUT2D eigenvalue weighted by atomic mass is 9.88. The summed E-state index contributed by atoms with van der Waals surface area (Å²) >= 11 is 0. The minimum Gasteiger partial charge on any atom is -0.309 e. The van der Waals surface area contributed by atoms with Crippen molar-refractivity contribution < 1.29 is 0 Å². The highest BCUT2D eigenvalue weighted by molar-refractivity contribution is 6.33. The summed E-state index contributed by atoms with van der Waals surface area (Å²) in [5.41, 5.74) is 22.5. The summed E-state index contributed by atoms with van der Waals surface area (Å²) in [4.78, 5) is 48.2. The summed E-state index contributed by atoms with van der Waals surface area (Å²) in [7, 11) is 0. The molecule has 4 aromatic heterocycles. The van der Waals surface area contributed by atoms with E-state index in [1.54, 1.807) is 49.6 Å². The van der Waals surface area contributed by atoms with E-state index in [-0.39, 0.29) is 0 Å². The Balaban J connectivity index is 1.11. The third kappa shape index (κ3) is 8.68. The maximum atomic E-state index is 4.89. The van der Waals surface area contributed by atoms with E-state index in [4.69, 9.17) is 39.9 Å². The zero-order valence-corrected chi connectivity index (χ0v) is 48.6. The molecule has 0 N–H and O–H groups in total. The van der Waals surface area contributed by atoms with Crippen LogP contribution in [-0.2, 0) is 0 Å². The van der Waals surface area contributed by atoms with Gasteiger partial charge in [0.05, 0.1) is 66.9 Å². The standard InChI is InChI=1S/C76H54N12/c1-47-13-5-9-17-67(47)85(51-21-29-59-63(41-51)81-37-33-77-59)71-45-72(86(68-18-10-6-14-48(68)2)52-22-30-60-64(42-52)82-38-34-78-60)56-27-28-58-74(88(70-20-12-8-16-50(70)4)54-24-32-62-66(44-54)84-40-36-80-62)46-73(57-26-25-55(71)75(56)76(57)58)87(69-19-11-7-15-49(69)3)53-23-31-61-65(43-53)83-39-35-79-61/h5-46H,1-4H3. The van der Waals surface area contributed by atoms with Crippen molar-refractivity contribution in [3.63, 3.8) is 0 Å². The Morgan fingerprint density at radius 3 is 0.648 bits per heavy atom. The summed E-state index contributed by atoms with van der Waals surface area (Å²) < 4.78 is 0. The van der Waals surface area contributed by atoms with Crippen molar-refractivity contribution in [1.82, 2.24) is 39.9 Å². The second-order valence-corrected chi connectivity index (χ2v) is 22.3. The normalized spacial score (nSPS) is 11.6. The second-order valence-electron chi connectivity index (χ2n) is 22.3. The molecule has 418 valence electrons. The van der Waals surface area contributed by atoms with Crippen LogP contribution in [0.25, 0.3) is 76.5 Å². The molecule has 0 aliphatic carbocycles. The molecule has 88 heavy (non-hydrogen) atoms. The average Bonchev–Trinajstić information content (AvgIpc) is 0.747. The van der Waals surface area contributed by atoms with Crippen LogP contribution in [0.2, 0.25) is 0 Å². The SMILES string of the molecule is Cc1ccccc1N(c1ccc2nccnc2c1)c1cc(N(c2ccc3nccnc3c2)c2ccccc2C)c2ccc3c(N(c4ccc5nccnc5c4)c4ccccc4C)cc(N(c4ccc5nccnc5c4)c4ccccc4C)c4ccc1c2c43. The van der Waals surface area contributed by atoms with Gasteiger partial charge in [-0.15, -0.1) is 0 Å². The van der Waals surface area contributed by atoms with Crippen molar-refractivity contribution in [2.45, 2.75) is 27.7 Å². The Kier molecular flexibility index (Phi) is 12.4. The number of nitrogens with zero attached hydrogens (tertiary/aromatic N) is 12. The minimum absolute atomic E-state index is 0.788. The van der Waals surface area contributed by atoms with E-state index in [1.807, 2.05) is 0 Å². The number of anilines is 12. The van der Waals surface area contributed by atoms with Crippen LogP contribution in [-0.4, -0.2) is 39.9 Å². The Morgan fingerprint density at radius 2 is 0.420 bits per heavy atom. The van der Waals surface area contributed by atoms with Crippen molar-refractivity contribution in [3.05, 3.63) is 278 Å². The van der Waals surface area contributed by atoms with E-state index in [0.29, 0.717) is 0 Å². The molecule has 4 heterocycles. The Bertz CT molecular complexity index is 4760. The zero-order chi connectivity index (χ0) is 59.0. The molecule has 0 bridgehead atoms. The van der Waals surface area contributed by atoms with Crippen LogP contribution in [0.1, 0.15) is 22.3 Å². The molecule has 0 saturated heterocycles. The van der Waals surface area contributed by atoms with E-state index in [2.05, 4.69) is 254 Å². The topological polar surface area (TPSA) is 116 Å². The lowest BCUT2D eigenvalue weighted by molar-refractivity contribution is 1.23. The van der Waals surface area contributed by atoms with Gasteiger partial charge in [-0.25, -0.2) is 0 Å². The van der Waals surface area contributed by atoms with Gasteiger partial charge in [-0.05, 0) is 159 Å². The largest absolute Gasteiger partial charge is 0.309 e. The number of benzene rings is 12. The fourth-order valence-corrected chi connectivity index (χ4v) is 12.9. The van der Waals surface area contributed by atoms with Gasteiger partial charge in [0.25, 0.3) is 0 Å². The van der Waals surface area contributed by atoms with E-state index in [9.17, 15) is 0 Å². The van der Waals surface area contributed by atoms with E-state index >= 15 is 0 Å². The molecule has 12 aromatic carbocycles. The van der Waals surface area contributed by atoms with Crippen LogP contribution >= 0.6 is 0 Å². The van der Waals surface area contributed by atoms with Crippen molar-refractivity contribution in [2.24, 2.45) is 0 Å². The zero-order valence-electron chi connectivity index (χ0n) is 48.6. The Morgan fingerprint density at radius 1 is 0.205 bits per heavy atom. The lowest BCUT2D eigenvalue weighted by Crippen LogP contribution is -2.17. The molecule has 0 unspecified atom stereocenters. The Labute approximate surface area is 507 Å². The van der Waals surface area contributed by atoms with Gasteiger partial charge in [0.2, 0.25) is 0 Å². The molecule has 16 rings (SSSR count). The van der Waals surface area contributed by atoms with Crippen LogP contribution in [0.15, 0.2) is 256 Å². The molecule has 12 nitrogen and oxygen atoms in total. The first-order chi connectivity index (χ1) is 43.3. The lowest BCUT2D eigenvalue weighted by Gasteiger charge is -2.35. The highest BCUT2D eigenvalue weighted by Crippen LogP contribution is 2.56. The first-order valence-electron chi connectivity index (χ1n) is 29.4. The summed E-state index contributed by atoms with van der Waals surface area (Å²) in [5, 5.41) is 6.33. The molecule has 0 saturated carbocycles. The summed E-state index contributed by atoms with van der Waals surface area (Å²) in [6.07, 6.45) is 14.0. The van der Waals surface area contributed by atoms with Crippen LogP contribution < -0.4 is 19.6 Å². The molecule has 0 aliphatic rings. The van der Waals surface area contributed by atoms with E-state index in [1.165, 1.54) is 0 Å². The molecule has 16 aromatic rings. The molecule has 0 fully saturated rings. The van der Waals surface area contributed by atoms with Crippen molar-refractivity contribution in [2.75, 3.05) is 19.6 Å². The van der Waals surface area contributed by atoms with Gasteiger partial charge in [0, 0.05) is 127 Å². The van der Waals surface area contributed by atoms with Crippen LogP contribution in [0.5, 0.6) is 0 Å². The first kappa shape index (κ1) is 51.8. The molecule has 12 heteroatoms. The monoisotopic (exact) mass is 1130 g/mol. The van der Waals surface area contributed by atoms with Gasteiger partial charge < -0.3 is 19.6 Å². The highest BCUT2D eigenvalue weighted by Gasteiger charge is 2.31. The molecule has 0 spiro atoms. The fraction of sp³-hybridized carbons (Fsp3) is 0.0526. The molecule has 0 radical (unpaired) electrons. The average molecular weight is 1140 g/mol. The molecular formula is C76H54N12. The number of hydrogen-bond acceptors (Lipinski definition) is 12. The minimum atomic E-state index is 0.788. The fourth-order valence-electron chi connectivity index (χ4n) is 12.9. The van der Waals surface area contributed by atoms with Crippen LogP contribution in [0.4, 0.5) is 68.2 Å². The summed E-state index contributed by atoms with van der Waals surface area (Å²) in [6, 6.07) is 74.2. The summed E-state index contributed by atoms with van der Waals surface area (Å²) in [5.74, 6) is 0. The number of hydrogen-bond donors (Lipinski definition) is 0. The van der Waals surface area contributed by atoms with Crippen molar-refractivity contribution >= 4 is 145 Å². The molecule has 0 amide bonds. The number of aromatic nitrogens is 8. The van der Waals surface area contributed by atoms with E-state index < -0.39 is 0 Å². The van der Waals surface area contributed by atoms with Gasteiger partial charge in [-0.1, -0.05) is 97.1 Å². The van der Waals surface area contributed by atoms with E-state index in [0.717, 1.165) is 167 Å². The van der Waals surface area contributed by atoms with Crippen molar-refractivity contribution in [3.8, 4) is 0 Å². The highest BCUT2D eigenvalue weighted by atomic mass is 15.2. The third-order valence-electron chi connectivity index (χ3n) is 17.0. The number of aryl methyl sites for hydroxylation is 4. The first-order valence-corrected chi connectivity index (χ1v) is 29.4. The third-order valence-corrected chi connectivity index (χ3v) is 17.0. The predicted molar refractivity (Wildman–Crippen MR) is 360 cm³/mol. The van der Waals surface area contributed by atoms with Gasteiger partial charge in [-0.3, -0.25) is 39.9 Å². The van der Waals surface area contributed by atoms with Gasteiger partial charge in [0.1, 0.15) is 0 Å². The maximum Gasteiger partial charge on any atom is 0.0907 e. The number of rotatable bonds is 12. The maximum absolute atomic E-state index is 4.89. The van der Waals surface area contributed by atoms with Gasteiger partial charge in [-0.2, -0.15) is 0 Å². The Hall–Kier alpha value is -11.8. The van der Waals surface area contributed by atoms with Crippen LogP contribution in [0, 0.1) is 27.7 Å². The summed E-state index contributed by atoms with van der Waals surface area (Å²) in [6.45, 7) is 8.74. The van der Waals surface area contributed by atoms with Crippen molar-refractivity contribution in [1.29, 1.82) is 0 Å². The predicted octanol–water partition coefficient (Wildman–Crippen LogP) is 19.5. The van der Waals surface area contributed by atoms with Crippen LogP contribution in [0.3, 0.4) is 0 Å². The quantitative estimate of drug-likeness (QED) is 0.108.